The lowest BCUT2D eigenvalue weighted by Crippen LogP contribution is -2.07. The van der Waals surface area contributed by atoms with Gasteiger partial charge in [-0.25, -0.2) is 17.6 Å². The van der Waals surface area contributed by atoms with Gasteiger partial charge in [0, 0.05) is 11.1 Å². The summed E-state index contributed by atoms with van der Waals surface area (Å²) in [5.41, 5.74) is -1.04. The van der Waals surface area contributed by atoms with Crippen molar-refractivity contribution in [2.75, 3.05) is 0 Å². The van der Waals surface area contributed by atoms with Gasteiger partial charge in [0.15, 0.2) is 23.3 Å². The minimum atomic E-state index is -1.27. The second-order valence-corrected chi connectivity index (χ2v) is 4.01. The lowest BCUT2D eigenvalue weighted by molar-refractivity contribution is 0.428. The van der Waals surface area contributed by atoms with E-state index in [0.29, 0.717) is 0 Å². The molecule has 2 rings (SSSR count). The zero-order valence-electron chi connectivity index (χ0n) is 8.21. The minimum Gasteiger partial charge on any atom is -0.203 e. The van der Waals surface area contributed by atoms with Gasteiger partial charge in [-0.05, 0) is 32.1 Å². The van der Waals surface area contributed by atoms with Crippen LogP contribution in [-0.2, 0) is 6.42 Å². The molecule has 1 aromatic rings. The largest absolute Gasteiger partial charge is 0.203 e. The van der Waals surface area contributed by atoms with Crippen LogP contribution in [0.1, 0.15) is 24.0 Å². The second kappa shape index (κ2) is 3.51. The van der Waals surface area contributed by atoms with E-state index in [9.17, 15) is 17.6 Å². The third kappa shape index (κ3) is 1.73. The minimum absolute atomic E-state index is 0.0891. The highest BCUT2D eigenvalue weighted by atomic mass is 19.2. The molecule has 0 bridgehead atoms. The fourth-order valence-corrected chi connectivity index (χ4v) is 1.58. The van der Waals surface area contributed by atoms with Crippen molar-refractivity contribution in [1.29, 1.82) is 0 Å². The van der Waals surface area contributed by atoms with Crippen LogP contribution in [0, 0.1) is 36.1 Å². The van der Waals surface area contributed by atoms with Crippen molar-refractivity contribution >= 4 is 0 Å². The third-order valence-electron chi connectivity index (χ3n) is 2.76. The van der Waals surface area contributed by atoms with Crippen molar-refractivity contribution in [3.63, 3.8) is 0 Å². The Morgan fingerprint density at radius 1 is 0.933 bits per heavy atom. The maximum atomic E-state index is 13.3. The third-order valence-corrected chi connectivity index (χ3v) is 2.76. The number of hydrogen-bond acceptors (Lipinski definition) is 0. The molecule has 0 nitrogen and oxygen atoms in total. The summed E-state index contributed by atoms with van der Waals surface area (Å²) in [5, 5.41) is 0. The van der Waals surface area contributed by atoms with E-state index in [1.54, 1.807) is 0 Å². The summed E-state index contributed by atoms with van der Waals surface area (Å²) in [6.45, 7) is 1.03. The Bertz CT molecular complexity index is 379. The highest BCUT2D eigenvalue weighted by Gasteiger charge is 2.29. The molecule has 0 unspecified atom stereocenters. The lowest BCUT2D eigenvalue weighted by Gasteiger charge is -2.08. The predicted octanol–water partition coefficient (Wildman–Crippen LogP) is 3.50. The molecular weight excluding hydrogens is 208 g/mol. The maximum Gasteiger partial charge on any atom is 0.165 e. The molecule has 1 fully saturated rings. The van der Waals surface area contributed by atoms with Crippen molar-refractivity contribution in [2.45, 2.75) is 26.2 Å². The molecule has 0 spiro atoms. The molecule has 0 N–H and O–H groups in total. The number of benzene rings is 1. The van der Waals surface area contributed by atoms with Gasteiger partial charge in [0.05, 0.1) is 0 Å². The Labute approximate surface area is 84.9 Å². The summed E-state index contributed by atoms with van der Waals surface area (Å²) in [6, 6.07) is 0. The summed E-state index contributed by atoms with van der Waals surface area (Å²) in [4.78, 5) is 0. The van der Waals surface area contributed by atoms with Crippen molar-refractivity contribution in [3.8, 4) is 0 Å². The van der Waals surface area contributed by atoms with Crippen LogP contribution >= 0.6 is 0 Å². The van der Waals surface area contributed by atoms with Crippen LogP contribution in [0.4, 0.5) is 17.6 Å². The first-order chi connectivity index (χ1) is 7.02. The smallest absolute Gasteiger partial charge is 0.165 e. The van der Waals surface area contributed by atoms with Crippen molar-refractivity contribution in [2.24, 2.45) is 5.92 Å². The summed E-state index contributed by atoms with van der Waals surface area (Å²) >= 11 is 0. The summed E-state index contributed by atoms with van der Waals surface area (Å²) in [7, 11) is 0. The van der Waals surface area contributed by atoms with Crippen LogP contribution < -0.4 is 0 Å². The first-order valence-corrected chi connectivity index (χ1v) is 4.83. The van der Waals surface area contributed by atoms with E-state index in [2.05, 4.69) is 0 Å². The molecule has 1 aliphatic rings. The van der Waals surface area contributed by atoms with Gasteiger partial charge in [0.25, 0.3) is 0 Å². The lowest BCUT2D eigenvalue weighted by atomic mass is 10.0. The summed E-state index contributed by atoms with van der Waals surface area (Å²) in [6.07, 6.45) is 1.83. The molecular formula is C11H10F4. The van der Waals surface area contributed by atoms with Crippen molar-refractivity contribution < 1.29 is 17.6 Å². The summed E-state index contributed by atoms with van der Waals surface area (Å²) in [5.74, 6) is -4.85. The van der Waals surface area contributed by atoms with Crippen LogP contribution in [0.15, 0.2) is 0 Å². The van der Waals surface area contributed by atoms with E-state index in [4.69, 9.17) is 0 Å². The molecule has 0 aromatic heterocycles. The molecule has 4 heteroatoms. The molecule has 0 aliphatic heterocycles. The molecule has 82 valence electrons. The predicted molar refractivity (Wildman–Crippen MR) is 47.4 cm³/mol. The number of rotatable bonds is 2. The highest BCUT2D eigenvalue weighted by Crippen LogP contribution is 2.35. The van der Waals surface area contributed by atoms with Gasteiger partial charge in [-0.2, -0.15) is 0 Å². The Morgan fingerprint density at radius 2 is 1.40 bits per heavy atom. The van der Waals surface area contributed by atoms with E-state index >= 15 is 0 Å². The quantitative estimate of drug-likeness (QED) is 0.526. The topological polar surface area (TPSA) is 0 Å². The van der Waals surface area contributed by atoms with Gasteiger partial charge in [0.2, 0.25) is 0 Å². The number of hydrogen-bond donors (Lipinski definition) is 0. The van der Waals surface area contributed by atoms with Crippen LogP contribution in [0.2, 0.25) is 0 Å². The molecule has 0 saturated heterocycles. The van der Waals surface area contributed by atoms with Gasteiger partial charge in [-0.1, -0.05) is 0 Å². The fourth-order valence-electron chi connectivity index (χ4n) is 1.58. The Morgan fingerprint density at radius 3 is 1.80 bits per heavy atom. The Balaban J connectivity index is 2.51. The molecule has 0 atom stereocenters. The fraction of sp³-hybridized carbons (Fsp3) is 0.455. The van der Waals surface area contributed by atoms with E-state index < -0.39 is 34.4 Å². The van der Waals surface area contributed by atoms with E-state index in [1.807, 2.05) is 0 Å². The zero-order chi connectivity index (χ0) is 11.2. The van der Waals surface area contributed by atoms with Crippen molar-refractivity contribution in [1.82, 2.24) is 0 Å². The molecule has 15 heavy (non-hydrogen) atoms. The van der Waals surface area contributed by atoms with Crippen molar-refractivity contribution in [3.05, 3.63) is 34.4 Å². The standard InChI is InChI=1S/C11H10F4/c1-5-8(12)10(14)7(4-6-2-3-6)11(15)9(5)13/h6H,2-4H2,1H3. The second-order valence-electron chi connectivity index (χ2n) is 4.01. The molecule has 1 aliphatic carbocycles. The average Bonchev–Trinajstić information content (AvgIpc) is 3.02. The summed E-state index contributed by atoms with van der Waals surface area (Å²) < 4.78 is 52.9. The Kier molecular flexibility index (Phi) is 2.44. The zero-order valence-corrected chi connectivity index (χ0v) is 8.21. The van der Waals surface area contributed by atoms with Crippen LogP contribution in [-0.4, -0.2) is 0 Å². The van der Waals surface area contributed by atoms with Gasteiger partial charge in [0.1, 0.15) is 0 Å². The van der Waals surface area contributed by atoms with Crippen LogP contribution in [0.5, 0.6) is 0 Å². The normalized spacial score (nSPS) is 15.8. The first kappa shape index (κ1) is 10.5. The van der Waals surface area contributed by atoms with Gasteiger partial charge < -0.3 is 0 Å². The molecule has 1 saturated carbocycles. The van der Waals surface area contributed by atoms with Gasteiger partial charge in [-0.15, -0.1) is 0 Å². The van der Waals surface area contributed by atoms with E-state index in [0.717, 1.165) is 19.8 Å². The van der Waals surface area contributed by atoms with E-state index in [-0.39, 0.29) is 12.3 Å². The van der Waals surface area contributed by atoms with Crippen LogP contribution in [0.25, 0.3) is 0 Å². The van der Waals surface area contributed by atoms with Gasteiger partial charge >= 0.3 is 0 Å². The molecule has 0 radical (unpaired) electrons. The monoisotopic (exact) mass is 218 g/mol. The molecule has 0 amide bonds. The van der Waals surface area contributed by atoms with Gasteiger partial charge in [-0.3, -0.25) is 0 Å². The average molecular weight is 218 g/mol. The maximum absolute atomic E-state index is 13.3. The Hall–Kier alpha value is -1.06. The SMILES string of the molecule is Cc1c(F)c(F)c(CC2CC2)c(F)c1F. The highest BCUT2D eigenvalue weighted by molar-refractivity contribution is 5.29. The van der Waals surface area contributed by atoms with E-state index in [1.165, 1.54) is 0 Å². The van der Waals surface area contributed by atoms with Crippen LogP contribution in [0.3, 0.4) is 0 Å². The first-order valence-electron chi connectivity index (χ1n) is 4.83. The molecule has 1 aromatic carbocycles. The molecule has 0 heterocycles. The number of halogens is 4.